The standard InChI is InChI=1S/C25H21N3O3/c1-4-31-25(30)21-7-5-6-20(27-21)23-18-13-19-17-12-15(29)8-9-22(17)28(3)24(19)14(2)16(18)10-11-26-23/h5-13,29H,4H2,1-3H3. The van der Waals surface area contributed by atoms with Gasteiger partial charge >= 0.3 is 5.97 Å². The molecule has 0 unspecified atom stereocenters. The molecule has 0 aliphatic heterocycles. The predicted molar refractivity (Wildman–Crippen MR) is 121 cm³/mol. The minimum Gasteiger partial charge on any atom is -0.508 e. The number of pyridine rings is 2. The molecule has 2 aromatic carbocycles. The number of nitrogens with zero attached hydrogens (tertiary/aromatic N) is 3. The van der Waals surface area contributed by atoms with Crippen LogP contribution in [0.25, 0.3) is 44.0 Å². The average Bonchev–Trinajstić information content (AvgIpc) is 3.05. The van der Waals surface area contributed by atoms with Gasteiger partial charge in [-0.15, -0.1) is 0 Å². The van der Waals surface area contributed by atoms with E-state index < -0.39 is 5.97 Å². The number of rotatable bonds is 3. The van der Waals surface area contributed by atoms with Crippen LogP contribution < -0.4 is 0 Å². The molecule has 0 saturated heterocycles. The lowest BCUT2D eigenvalue weighted by atomic mass is 9.99. The smallest absolute Gasteiger partial charge is 0.356 e. The monoisotopic (exact) mass is 411 g/mol. The third-order valence-corrected chi connectivity index (χ3v) is 5.74. The van der Waals surface area contributed by atoms with Gasteiger partial charge in [-0.1, -0.05) is 6.07 Å². The SMILES string of the molecule is CCOC(=O)c1cccc(-c2nccc3c(C)c4c(cc23)c2cc(O)ccc2n4C)n1. The van der Waals surface area contributed by atoms with Gasteiger partial charge in [-0.2, -0.15) is 0 Å². The molecule has 5 rings (SSSR count). The van der Waals surface area contributed by atoms with Crippen molar-refractivity contribution in [3.05, 3.63) is 66.0 Å². The van der Waals surface area contributed by atoms with Gasteiger partial charge in [0.2, 0.25) is 0 Å². The van der Waals surface area contributed by atoms with Crippen LogP contribution in [0.2, 0.25) is 0 Å². The topological polar surface area (TPSA) is 77.2 Å². The normalized spacial score (nSPS) is 11.5. The van der Waals surface area contributed by atoms with Gasteiger partial charge in [-0.25, -0.2) is 9.78 Å². The molecule has 0 bridgehead atoms. The number of ether oxygens (including phenoxy) is 1. The number of hydrogen-bond acceptors (Lipinski definition) is 5. The fraction of sp³-hybridized carbons (Fsp3) is 0.160. The minimum absolute atomic E-state index is 0.230. The quantitative estimate of drug-likeness (QED) is 0.416. The summed E-state index contributed by atoms with van der Waals surface area (Å²) in [6.45, 7) is 4.15. The van der Waals surface area contributed by atoms with Crippen LogP contribution in [0, 0.1) is 6.92 Å². The Bertz CT molecular complexity index is 1500. The van der Waals surface area contributed by atoms with Crippen LogP contribution in [0.4, 0.5) is 0 Å². The molecule has 31 heavy (non-hydrogen) atoms. The van der Waals surface area contributed by atoms with Crippen molar-refractivity contribution in [2.45, 2.75) is 13.8 Å². The molecule has 0 aliphatic carbocycles. The molecule has 1 N–H and O–H groups in total. The van der Waals surface area contributed by atoms with Gasteiger partial charge in [-0.3, -0.25) is 4.98 Å². The summed E-state index contributed by atoms with van der Waals surface area (Å²) in [5.41, 5.74) is 4.84. The molecule has 0 fully saturated rings. The number of phenols is 1. The van der Waals surface area contributed by atoms with Crippen molar-refractivity contribution in [2.75, 3.05) is 6.61 Å². The van der Waals surface area contributed by atoms with Crippen LogP contribution in [0.15, 0.2) is 54.7 Å². The molecule has 3 heterocycles. The number of carbonyl (C=O) groups is 1. The van der Waals surface area contributed by atoms with E-state index in [4.69, 9.17) is 4.74 Å². The molecule has 0 amide bonds. The largest absolute Gasteiger partial charge is 0.508 e. The maximum Gasteiger partial charge on any atom is 0.356 e. The summed E-state index contributed by atoms with van der Waals surface area (Å²) in [5, 5.41) is 14.1. The Morgan fingerprint density at radius 3 is 2.71 bits per heavy atom. The highest BCUT2D eigenvalue weighted by atomic mass is 16.5. The Kier molecular flexibility index (Phi) is 4.36. The van der Waals surface area contributed by atoms with E-state index in [1.165, 1.54) is 0 Å². The summed E-state index contributed by atoms with van der Waals surface area (Å²) in [6.07, 6.45) is 1.77. The zero-order valence-electron chi connectivity index (χ0n) is 17.5. The first-order valence-corrected chi connectivity index (χ1v) is 10.1. The maximum absolute atomic E-state index is 12.2. The van der Waals surface area contributed by atoms with E-state index in [1.54, 1.807) is 37.4 Å². The van der Waals surface area contributed by atoms with Crippen molar-refractivity contribution < 1.29 is 14.6 Å². The van der Waals surface area contributed by atoms with E-state index in [0.29, 0.717) is 18.0 Å². The third-order valence-electron chi connectivity index (χ3n) is 5.74. The van der Waals surface area contributed by atoms with Crippen LogP contribution in [-0.2, 0) is 11.8 Å². The molecule has 0 radical (unpaired) electrons. The number of hydrogen-bond donors (Lipinski definition) is 1. The van der Waals surface area contributed by atoms with Crippen molar-refractivity contribution in [3.63, 3.8) is 0 Å². The van der Waals surface area contributed by atoms with Gasteiger partial charge in [-0.05, 0) is 67.3 Å². The maximum atomic E-state index is 12.2. The number of aryl methyl sites for hydroxylation is 2. The minimum atomic E-state index is -0.451. The van der Waals surface area contributed by atoms with Crippen LogP contribution in [0.5, 0.6) is 5.75 Å². The van der Waals surface area contributed by atoms with Gasteiger partial charge < -0.3 is 14.4 Å². The third kappa shape index (κ3) is 2.91. The van der Waals surface area contributed by atoms with Crippen molar-refractivity contribution in [3.8, 4) is 17.1 Å². The van der Waals surface area contributed by atoms with E-state index in [-0.39, 0.29) is 11.4 Å². The second kappa shape index (κ2) is 7.09. The summed E-state index contributed by atoms with van der Waals surface area (Å²) >= 11 is 0. The fourth-order valence-electron chi connectivity index (χ4n) is 4.37. The molecule has 0 saturated carbocycles. The predicted octanol–water partition coefficient (Wildman–Crippen LogP) is 5.13. The number of aromatic nitrogens is 3. The van der Waals surface area contributed by atoms with Crippen LogP contribution in [0.3, 0.4) is 0 Å². The molecule has 154 valence electrons. The van der Waals surface area contributed by atoms with E-state index in [0.717, 1.165) is 38.1 Å². The summed E-state index contributed by atoms with van der Waals surface area (Å²) < 4.78 is 7.25. The average molecular weight is 411 g/mol. The van der Waals surface area contributed by atoms with Crippen LogP contribution >= 0.6 is 0 Å². The number of phenolic OH excluding ortho intramolecular Hbond substituents is 1. The van der Waals surface area contributed by atoms with Crippen LogP contribution in [0.1, 0.15) is 23.0 Å². The first kappa shape index (κ1) is 19.1. The number of fused-ring (bicyclic) bond motifs is 4. The number of esters is 1. The Morgan fingerprint density at radius 1 is 1.06 bits per heavy atom. The molecular formula is C25H21N3O3. The van der Waals surface area contributed by atoms with E-state index in [2.05, 4.69) is 27.5 Å². The molecule has 0 atom stereocenters. The number of benzene rings is 2. The fourth-order valence-corrected chi connectivity index (χ4v) is 4.37. The summed E-state index contributed by atoms with van der Waals surface area (Å²) in [7, 11) is 2.03. The first-order valence-electron chi connectivity index (χ1n) is 10.1. The summed E-state index contributed by atoms with van der Waals surface area (Å²) in [5.74, 6) is -0.222. The van der Waals surface area contributed by atoms with Crippen molar-refractivity contribution in [1.82, 2.24) is 14.5 Å². The molecule has 6 nitrogen and oxygen atoms in total. The highest BCUT2D eigenvalue weighted by Crippen LogP contribution is 2.38. The highest BCUT2D eigenvalue weighted by molar-refractivity contribution is 6.16. The number of carbonyl (C=O) groups excluding carboxylic acids is 1. The zero-order chi connectivity index (χ0) is 21.7. The van der Waals surface area contributed by atoms with Gasteiger partial charge in [0.15, 0.2) is 0 Å². The van der Waals surface area contributed by atoms with Gasteiger partial charge in [0.25, 0.3) is 0 Å². The van der Waals surface area contributed by atoms with E-state index in [1.807, 2.05) is 25.2 Å². The Morgan fingerprint density at radius 2 is 1.90 bits per heavy atom. The van der Waals surface area contributed by atoms with Crippen molar-refractivity contribution in [1.29, 1.82) is 0 Å². The van der Waals surface area contributed by atoms with Gasteiger partial charge in [0.05, 0.1) is 23.5 Å². The first-order chi connectivity index (χ1) is 15.0. The lowest BCUT2D eigenvalue weighted by Crippen LogP contribution is -2.07. The Labute approximate surface area is 178 Å². The van der Waals surface area contributed by atoms with Crippen molar-refractivity contribution >= 4 is 38.5 Å². The molecule has 0 aliphatic rings. The second-order valence-corrected chi connectivity index (χ2v) is 7.54. The Hall–Kier alpha value is -3.93. The lowest BCUT2D eigenvalue weighted by Gasteiger charge is -2.11. The molecule has 0 spiro atoms. The van der Waals surface area contributed by atoms with Crippen LogP contribution in [-0.4, -0.2) is 32.2 Å². The molecule has 5 aromatic rings. The highest BCUT2D eigenvalue weighted by Gasteiger charge is 2.17. The summed E-state index contributed by atoms with van der Waals surface area (Å²) in [4.78, 5) is 21.3. The summed E-state index contributed by atoms with van der Waals surface area (Å²) in [6, 6.07) is 14.8. The molecule has 6 heteroatoms. The second-order valence-electron chi connectivity index (χ2n) is 7.54. The van der Waals surface area contributed by atoms with Gasteiger partial charge in [0, 0.05) is 34.9 Å². The van der Waals surface area contributed by atoms with E-state index >= 15 is 0 Å². The lowest BCUT2D eigenvalue weighted by molar-refractivity contribution is 0.0519. The van der Waals surface area contributed by atoms with Gasteiger partial charge in [0.1, 0.15) is 11.4 Å². The zero-order valence-corrected chi connectivity index (χ0v) is 17.5. The number of aromatic hydroxyl groups is 1. The van der Waals surface area contributed by atoms with E-state index in [9.17, 15) is 9.90 Å². The Balaban J connectivity index is 1.83. The molecular weight excluding hydrogens is 390 g/mol. The van der Waals surface area contributed by atoms with Crippen molar-refractivity contribution in [2.24, 2.45) is 7.05 Å². The molecule has 3 aromatic heterocycles.